The molecule has 1 N–H and O–H groups in total. The van der Waals surface area contributed by atoms with Crippen LogP contribution in [0.25, 0.3) is 44.5 Å². The summed E-state index contributed by atoms with van der Waals surface area (Å²) in [4.78, 5) is 8.60. The van der Waals surface area contributed by atoms with Crippen LogP contribution in [0.1, 0.15) is 0 Å². The number of benzene rings is 2. The Morgan fingerprint density at radius 1 is 0.690 bits per heavy atom. The highest BCUT2D eigenvalue weighted by molar-refractivity contribution is 6.07. The van der Waals surface area contributed by atoms with Crippen LogP contribution in [0.4, 0.5) is 8.78 Å². The van der Waals surface area contributed by atoms with Crippen molar-refractivity contribution in [1.82, 2.24) is 20.2 Å². The van der Waals surface area contributed by atoms with E-state index < -0.39 is 0 Å². The molecule has 4 nitrogen and oxygen atoms in total. The maximum atomic E-state index is 13.6. The number of rotatable bonds is 3. The molecule has 5 aromatic rings. The molecule has 0 aliphatic rings. The molecule has 0 unspecified atom stereocenters. The number of fused-ring (bicyclic) bond motifs is 1. The molecule has 0 amide bonds. The lowest BCUT2D eigenvalue weighted by Crippen LogP contribution is -1.91. The van der Waals surface area contributed by atoms with Gasteiger partial charge in [0.05, 0.1) is 11.1 Å². The molecule has 0 atom stereocenters. The number of hydrogen-bond acceptors (Lipinski definition) is 3. The van der Waals surface area contributed by atoms with Gasteiger partial charge >= 0.3 is 0 Å². The average Bonchev–Trinajstić information content (AvgIpc) is 3.19. The lowest BCUT2D eigenvalue weighted by atomic mass is 9.92. The zero-order valence-corrected chi connectivity index (χ0v) is 15.1. The standard InChI is InChI=1S/C23H14F2N4/c24-17-5-1-15(2-6-17)20-19(14-9-11-26-12-10-14)13-27-23-21(20)22(28-29-23)16-3-7-18(25)8-4-16/h1-13H,(H,27,28,29). The van der Waals surface area contributed by atoms with Crippen LogP contribution in [-0.4, -0.2) is 20.2 Å². The van der Waals surface area contributed by atoms with Gasteiger partial charge in [-0.05, 0) is 59.7 Å². The number of H-pyrrole nitrogens is 1. The smallest absolute Gasteiger partial charge is 0.182 e. The second kappa shape index (κ2) is 6.91. The van der Waals surface area contributed by atoms with Gasteiger partial charge < -0.3 is 0 Å². The largest absolute Gasteiger partial charge is 0.275 e. The highest BCUT2D eigenvalue weighted by Gasteiger charge is 2.19. The number of aromatic amines is 1. The van der Waals surface area contributed by atoms with E-state index in [-0.39, 0.29) is 11.6 Å². The maximum Gasteiger partial charge on any atom is 0.182 e. The summed E-state index contributed by atoms with van der Waals surface area (Å²) in [7, 11) is 0. The van der Waals surface area contributed by atoms with Crippen LogP contribution in [0.2, 0.25) is 0 Å². The first-order valence-corrected chi connectivity index (χ1v) is 9.00. The van der Waals surface area contributed by atoms with Crippen LogP contribution in [-0.2, 0) is 0 Å². The second-order valence-corrected chi connectivity index (χ2v) is 6.59. The van der Waals surface area contributed by atoms with E-state index in [2.05, 4.69) is 20.2 Å². The van der Waals surface area contributed by atoms with Crippen LogP contribution in [0.3, 0.4) is 0 Å². The Kier molecular flexibility index (Phi) is 4.09. The first kappa shape index (κ1) is 17.2. The van der Waals surface area contributed by atoms with Gasteiger partial charge in [0.15, 0.2) is 5.65 Å². The van der Waals surface area contributed by atoms with Gasteiger partial charge in [-0.25, -0.2) is 13.8 Å². The molecular weight excluding hydrogens is 370 g/mol. The lowest BCUT2D eigenvalue weighted by molar-refractivity contribution is 0.627. The van der Waals surface area contributed by atoms with Crippen molar-refractivity contribution in [1.29, 1.82) is 0 Å². The molecule has 0 saturated heterocycles. The monoisotopic (exact) mass is 384 g/mol. The fraction of sp³-hybridized carbons (Fsp3) is 0. The minimum absolute atomic E-state index is 0.310. The summed E-state index contributed by atoms with van der Waals surface area (Å²) in [5, 5.41) is 8.16. The molecule has 6 heteroatoms. The zero-order valence-electron chi connectivity index (χ0n) is 15.1. The van der Waals surface area contributed by atoms with Gasteiger partial charge in [-0.1, -0.05) is 12.1 Å². The van der Waals surface area contributed by atoms with Crippen LogP contribution < -0.4 is 0 Å². The molecule has 3 heterocycles. The predicted molar refractivity (Wildman–Crippen MR) is 108 cm³/mol. The molecule has 0 aliphatic heterocycles. The highest BCUT2D eigenvalue weighted by atomic mass is 19.1. The lowest BCUT2D eigenvalue weighted by Gasteiger charge is -2.12. The summed E-state index contributed by atoms with van der Waals surface area (Å²) < 4.78 is 27.0. The van der Waals surface area contributed by atoms with Gasteiger partial charge in [0, 0.05) is 35.3 Å². The van der Waals surface area contributed by atoms with Crippen molar-refractivity contribution >= 4 is 11.0 Å². The Morgan fingerprint density at radius 3 is 1.97 bits per heavy atom. The Hall–Kier alpha value is -3.93. The third kappa shape index (κ3) is 3.04. The molecule has 0 fully saturated rings. The van der Waals surface area contributed by atoms with Crippen LogP contribution >= 0.6 is 0 Å². The van der Waals surface area contributed by atoms with Gasteiger partial charge in [0.2, 0.25) is 0 Å². The van der Waals surface area contributed by atoms with E-state index in [1.54, 1.807) is 42.9 Å². The molecule has 0 bridgehead atoms. The van der Waals surface area contributed by atoms with Gasteiger partial charge in [-0.3, -0.25) is 10.1 Å². The van der Waals surface area contributed by atoms with Crippen molar-refractivity contribution in [2.75, 3.05) is 0 Å². The molecule has 0 saturated carbocycles. The fourth-order valence-electron chi connectivity index (χ4n) is 3.48. The van der Waals surface area contributed by atoms with E-state index in [0.29, 0.717) is 5.65 Å². The van der Waals surface area contributed by atoms with Crippen LogP contribution in [0.15, 0.2) is 79.3 Å². The van der Waals surface area contributed by atoms with E-state index in [4.69, 9.17) is 0 Å². The Bertz CT molecular complexity index is 1300. The van der Waals surface area contributed by atoms with Crippen LogP contribution in [0.5, 0.6) is 0 Å². The van der Waals surface area contributed by atoms with Gasteiger partial charge in [-0.2, -0.15) is 5.10 Å². The molecule has 2 aromatic carbocycles. The Labute approximate surface area is 164 Å². The van der Waals surface area contributed by atoms with Crippen molar-refractivity contribution in [2.45, 2.75) is 0 Å². The summed E-state index contributed by atoms with van der Waals surface area (Å²) in [5.74, 6) is -0.623. The highest BCUT2D eigenvalue weighted by Crippen LogP contribution is 2.40. The first-order valence-electron chi connectivity index (χ1n) is 9.00. The third-order valence-electron chi connectivity index (χ3n) is 4.84. The molecule has 3 aromatic heterocycles. The zero-order chi connectivity index (χ0) is 19.8. The Balaban J connectivity index is 1.86. The molecule has 0 radical (unpaired) electrons. The van der Waals surface area contributed by atoms with Crippen molar-refractivity contribution < 1.29 is 8.78 Å². The van der Waals surface area contributed by atoms with Crippen molar-refractivity contribution in [2.24, 2.45) is 0 Å². The normalized spacial score (nSPS) is 11.1. The second-order valence-electron chi connectivity index (χ2n) is 6.59. The molecule has 0 aliphatic carbocycles. The van der Waals surface area contributed by atoms with Crippen molar-refractivity contribution in [3.05, 3.63) is 90.9 Å². The summed E-state index contributed by atoms with van der Waals surface area (Å²) in [5.41, 5.74) is 5.54. The van der Waals surface area contributed by atoms with Crippen LogP contribution in [0, 0.1) is 11.6 Å². The van der Waals surface area contributed by atoms with Crippen molar-refractivity contribution in [3.63, 3.8) is 0 Å². The summed E-state index contributed by atoms with van der Waals surface area (Å²) >= 11 is 0. The fourth-order valence-corrected chi connectivity index (χ4v) is 3.48. The summed E-state index contributed by atoms with van der Waals surface area (Å²) in [6.45, 7) is 0. The number of nitrogens with zero attached hydrogens (tertiary/aromatic N) is 3. The number of aromatic nitrogens is 4. The van der Waals surface area contributed by atoms with E-state index in [1.165, 1.54) is 24.3 Å². The van der Waals surface area contributed by atoms with Gasteiger partial charge in [-0.15, -0.1) is 0 Å². The van der Waals surface area contributed by atoms with E-state index in [1.807, 2.05) is 12.1 Å². The minimum Gasteiger partial charge on any atom is -0.275 e. The summed E-state index contributed by atoms with van der Waals surface area (Å²) in [6.07, 6.45) is 5.18. The van der Waals surface area contributed by atoms with E-state index in [9.17, 15) is 8.78 Å². The number of pyridine rings is 2. The molecule has 140 valence electrons. The molecule has 29 heavy (non-hydrogen) atoms. The third-order valence-corrected chi connectivity index (χ3v) is 4.84. The number of halogens is 2. The average molecular weight is 384 g/mol. The summed E-state index contributed by atoms with van der Waals surface area (Å²) in [6, 6.07) is 16.3. The number of hydrogen-bond donors (Lipinski definition) is 1. The molecule has 5 rings (SSSR count). The van der Waals surface area contributed by atoms with Crippen molar-refractivity contribution in [3.8, 4) is 33.5 Å². The SMILES string of the molecule is Fc1ccc(-c2[nH]nc3ncc(-c4ccncc4)c(-c4ccc(F)cc4)c23)cc1. The molecular formula is C23H14F2N4. The number of nitrogens with one attached hydrogen (secondary N) is 1. The van der Waals surface area contributed by atoms with Gasteiger partial charge in [0.1, 0.15) is 11.6 Å². The maximum absolute atomic E-state index is 13.6. The minimum atomic E-state index is -0.313. The topological polar surface area (TPSA) is 54.5 Å². The van der Waals surface area contributed by atoms with E-state index >= 15 is 0 Å². The quantitative estimate of drug-likeness (QED) is 0.438. The predicted octanol–water partition coefficient (Wildman–Crippen LogP) is 5.63. The molecule has 0 spiro atoms. The van der Waals surface area contributed by atoms with Gasteiger partial charge in [0.25, 0.3) is 0 Å². The Morgan fingerprint density at radius 2 is 1.31 bits per heavy atom. The van der Waals surface area contributed by atoms with E-state index in [0.717, 1.165) is 38.9 Å². The first-order chi connectivity index (χ1) is 14.2.